The first-order valence-corrected chi connectivity index (χ1v) is 8.24. The largest absolute Gasteiger partial charge is 0.468 e. The smallest absolute Gasteiger partial charge is 0.340 e. The van der Waals surface area contributed by atoms with Crippen LogP contribution >= 0.6 is 11.3 Å². The van der Waals surface area contributed by atoms with Crippen molar-refractivity contribution < 1.29 is 23.8 Å². The molecule has 132 valence electrons. The number of amides is 1. The Labute approximate surface area is 150 Å². The third-order valence-corrected chi connectivity index (χ3v) is 4.11. The van der Waals surface area contributed by atoms with E-state index in [1.54, 1.807) is 31.4 Å². The Balaban J connectivity index is 2.00. The van der Waals surface area contributed by atoms with Crippen molar-refractivity contribution in [3.05, 3.63) is 52.4 Å². The van der Waals surface area contributed by atoms with Gasteiger partial charge in [0.15, 0.2) is 6.79 Å². The molecule has 2 rings (SSSR count). The highest BCUT2D eigenvalue weighted by Gasteiger charge is 2.16. The average Bonchev–Trinajstić information content (AvgIpc) is 2.98. The van der Waals surface area contributed by atoms with E-state index in [0.717, 1.165) is 10.4 Å². The molecule has 0 spiro atoms. The summed E-state index contributed by atoms with van der Waals surface area (Å²) in [7, 11) is 2.86. The molecule has 0 aliphatic carbocycles. The number of rotatable bonds is 7. The van der Waals surface area contributed by atoms with Gasteiger partial charge in [0.05, 0.1) is 12.7 Å². The molecule has 1 aromatic heterocycles. The molecule has 25 heavy (non-hydrogen) atoms. The highest BCUT2D eigenvalue weighted by atomic mass is 32.1. The topological polar surface area (TPSA) is 73.9 Å². The highest BCUT2D eigenvalue weighted by Crippen LogP contribution is 2.28. The lowest BCUT2D eigenvalue weighted by atomic mass is 10.2. The van der Waals surface area contributed by atoms with Crippen LogP contribution in [0.5, 0.6) is 5.75 Å². The number of carbonyl (C=O) groups excluding carboxylic acids is 2. The van der Waals surface area contributed by atoms with Crippen molar-refractivity contribution in [2.75, 3.05) is 26.3 Å². The molecule has 0 aliphatic heterocycles. The van der Waals surface area contributed by atoms with Crippen molar-refractivity contribution in [1.29, 1.82) is 0 Å². The highest BCUT2D eigenvalue weighted by molar-refractivity contribution is 7.16. The van der Waals surface area contributed by atoms with Crippen molar-refractivity contribution in [2.24, 2.45) is 0 Å². The van der Waals surface area contributed by atoms with Gasteiger partial charge in [0.2, 0.25) is 5.91 Å². The van der Waals surface area contributed by atoms with E-state index in [-0.39, 0.29) is 12.7 Å². The zero-order valence-electron chi connectivity index (χ0n) is 14.2. The summed E-state index contributed by atoms with van der Waals surface area (Å²) in [6.45, 7) is 2.04. The maximum atomic E-state index is 12.1. The second-order valence-corrected chi connectivity index (χ2v) is 6.29. The van der Waals surface area contributed by atoms with Crippen LogP contribution in [0.25, 0.3) is 6.08 Å². The summed E-state index contributed by atoms with van der Waals surface area (Å²) in [6.07, 6.45) is 3.08. The van der Waals surface area contributed by atoms with E-state index in [1.165, 1.54) is 24.5 Å². The van der Waals surface area contributed by atoms with Crippen LogP contribution in [0.3, 0.4) is 0 Å². The number of anilines is 1. The van der Waals surface area contributed by atoms with Crippen molar-refractivity contribution in [1.82, 2.24) is 0 Å². The van der Waals surface area contributed by atoms with Crippen LogP contribution in [0.2, 0.25) is 0 Å². The number of hydrogen-bond acceptors (Lipinski definition) is 6. The third-order valence-electron chi connectivity index (χ3n) is 3.15. The molecule has 0 saturated carbocycles. The lowest BCUT2D eigenvalue weighted by molar-refractivity contribution is -0.111. The summed E-state index contributed by atoms with van der Waals surface area (Å²) < 4.78 is 14.8. The van der Waals surface area contributed by atoms with Gasteiger partial charge in [-0.05, 0) is 36.8 Å². The Morgan fingerprint density at radius 3 is 2.56 bits per heavy atom. The second-order valence-electron chi connectivity index (χ2n) is 5.03. The van der Waals surface area contributed by atoms with Crippen molar-refractivity contribution >= 4 is 34.3 Å². The first-order valence-electron chi connectivity index (χ1n) is 7.43. The van der Waals surface area contributed by atoms with Gasteiger partial charge >= 0.3 is 5.97 Å². The fourth-order valence-corrected chi connectivity index (χ4v) is 2.90. The summed E-state index contributed by atoms with van der Waals surface area (Å²) >= 11 is 1.32. The number of aryl methyl sites for hydroxylation is 1. The first kappa shape index (κ1) is 18.7. The zero-order chi connectivity index (χ0) is 18.2. The predicted octanol–water partition coefficient (Wildman–Crippen LogP) is 3.48. The molecule has 0 radical (unpaired) electrons. The van der Waals surface area contributed by atoms with Gasteiger partial charge in [0, 0.05) is 18.1 Å². The zero-order valence-corrected chi connectivity index (χ0v) is 15.0. The Bertz CT molecular complexity index is 764. The lowest BCUT2D eigenvalue weighted by Gasteiger charge is -2.04. The van der Waals surface area contributed by atoms with Crippen LogP contribution in [0.15, 0.2) is 36.4 Å². The molecule has 1 aromatic carbocycles. The number of methoxy groups -OCH3 is 2. The van der Waals surface area contributed by atoms with Gasteiger partial charge in [-0.1, -0.05) is 12.1 Å². The summed E-state index contributed by atoms with van der Waals surface area (Å²) in [5, 5.41) is 3.18. The molecule has 1 heterocycles. The minimum absolute atomic E-state index is 0.181. The van der Waals surface area contributed by atoms with Crippen molar-refractivity contribution in [3.63, 3.8) is 0 Å². The average molecular weight is 361 g/mol. The standard InChI is InChI=1S/C18H19NO5S/c1-12-10-15(18(21)23-3)17(25-12)19-16(20)9-6-13-4-7-14(8-5-13)24-11-22-2/h4-10H,11H2,1-3H3,(H,19,20)/b9-6+. The van der Waals surface area contributed by atoms with E-state index in [1.807, 2.05) is 19.1 Å². The molecule has 0 saturated heterocycles. The normalized spacial score (nSPS) is 10.7. The number of nitrogens with one attached hydrogen (secondary N) is 1. The molecule has 0 bridgehead atoms. The van der Waals surface area contributed by atoms with Crippen LogP contribution < -0.4 is 10.1 Å². The molecule has 0 atom stereocenters. The van der Waals surface area contributed by atoms with Crippen LogP contribution in [-0.4, -0.2) is 32.9 Å². The summed E-state index contributed by atoms with van der Waals surface area (Å²) in [5.74, 6) is -0.123. The van der Waals surface area contributed by atoms with Gasteiger partial charge in [-0.15, -0.1) is 11.3 Å². The third kappa shape index (κ3) is 5.44. The summed E-state index contributed by atoms with van der Waals surface area (Å²) in [5.41, 5.74) is 1.20. The molecule has 0 unspecified atom stereocenters. The molecular weight excluding hydrogens is 342 g/mol. The monoisotopic (exact) mass is 361 g/mol. The van der Waals surface area contributed by atoms with Gasteiger partial charge < -0.3 is 19.5 Å². The molecule has 1 amide bonds. The molecule has 2 aromatic rings. The summed E-state index contributed by atoms with van der Waals surface area (Å²) in [6, 6.07) is 8.91. The number of thiophene rings is 1. The Hall–Kier alpha value is -2.64. The number of esters is 1. The van der Waals surface area contributed by atoms with Crippen LogP contribution in [0, 0.1) is 6.92 Å². The maximum absolute atomic E-state index is 12.1. The van der Waals surface area contributed by atoms with Crippen LogP contribution in [0.1, 0.15) is 20.8 Å². The van der Waals surface area contributed by atoms with Gasteiger partial charge in [-0.3, -0.25) is 4.79 Å². The minimum Gasteiger partial charge on any atom is -0.468 e. The van der Waals surface area contributed by atoms with Gasteiger partial charge in [0.1, 0.15) is 10.8 Å². The van der Waals surface area contributed by atoms with Gasteiger partial charge in [-0.2, -0.15) is 0 Å². The quantitative estimate of drug-likeness (QED) is 0.464. The van der Waals surface area contributed by atoms with E-state index < -0.39 is 5.97 Å². The van der Waals surface area contributed by atoms with Gasteiger partial charge in [-0.25, -0.2) is 4.79 Å². The SMILES string of the molecule is COCOc1ccc(/C=C/C(=O)Nc2sc(C)cc2C(=O)OC)cc1. The van der Waals surface area contributed by atoms with E-state index in [0.29, 0.717) is 16.3 Å². The molecular formula is C18H19NO5S. The fourth-order valence-electron chi connectivity index (χ4n) is 2.00. The Morgan fingerprint density at radius 2 is 1.92 bits per heavy atom. The van der Waals surface area contributed by atoms with Crippen molar-refractivity contribution in [3.8, 4) is 5.75 Å². The number of hydrogen-bond donors (Lipinski definition) is 1. The molecule has 7 heteroatoms. The van der Waals surface area contributed by atoms with Crippen molar-refractivity contribution in [2.45, 2.75) is 6.92 Å². The van der Waals surface area contributed by atoms with Crippen LogP contribution in [-0.2, 0) is 14.3 Å². The Kier molecular flexibility index (Phi) is 6.73. The minimum atomic E-state index is -0.477. The van der Waals surface area contributed by atoms with E-state index in [2.05, 4.69) is 5.32 Å². The predicted molar refractivity (Wildman–Crippen MR) is 97.0 cm³/mol. The number of carbonyl (C=O) groups is 2. The van der Waals surface area contributed by atoms with Crippen LogP contribution in [0.4, 0.5) is 5.00 Å². The summed E-state index contributed by atoms with van der Waals surface area (Å²) in [4.78, 5) is 24.7. The maximum Gasteiger partial charge on any atom is 0.340 e. The Morgan fingerprint density at radius 1 is 1.20 bits per heavy atom. The van der Waals surface area contributed by atoms with E-state index in [9.17, 15) is 9.59 Å². The fraction of sp³-hybridized carbons (Fsp3) is 0.222. The van der Waals surface area contributed by atoms with E-state index >= 15 is 0 Å². The number of benzene rings is 1. The van der Waals surface area contributed by atoms with E-state index in [4.69, 9.17) is 14.2 Å². The van der Waals surface area contributed by atoms with Gasteiger partial charge in [0.25, 0.3) is 0 Å². The molecule has 1 N–H and O–H groups in total. The molecule has 0 aliphatic rings. The lowest BCUT2D eigenvalue weighted by Crippen LogP contribution is -2.10. The number of ether oxygens (including phenoxy) is 3. The molecule has 6 nitrogen and oxygen atoms in total. The first-order chi connectivity index (χ1) is 12.0. The second kappa shape index (κ2) is 9.00. The molecule has 0 fully saturated rings.